The molecule has 0 aliphatic heterocycles. The summed E-state index contributed by atoms with van der Waals surface area (Å²) >= 11 is 1.75. The molecule has 108 valence electrons. The van der Waals surface area contributed by atoms with Crippen molar-refractivity contribution >= 4 is 23.0 Å². The van der Waals surface area contributed by atoms with Crippen LogP contribution in [0.2, 0.25) is 0 Å². The Hall–Kier alpha value is -1.66. The van der Waals surface area contributed by atoms with Crippen LogP contribution in [0.1, 0.15) is 49.6 Å². The summed E-state index contributed by atoms with van der Waals surface area (Å²) in [5.41, 5.74) is 3.67. The Morgan fingerprint density at radius 1 is 1.30 bits per heavy atom. The first-order valence-electron chi connectivity index (χ1n) is 6.78. The summed E-state index contributed by atoms with van der Waals surface area (Å²) in [6.45, 7) is 6.38. The fourth-order valence-corrected chi connectivity index (χ4v) is 3.06. The topological polar surface area (TPSA) is 75.9 Å². The van der Waals surface area contributed by atoms with Crippen molar-refractivity contribution < 1.29 is 0 Å². The molecule has 0 aromatic carbocycles. The third-order valence-electron chi connectivity index (χ3n) is 3.20. The Labute approximate surface area is 123 Å². The lowest BCUT2D eigenvalue weighted by atomic mass is 10.0. The third-order valence-corrected chi connectivity index (χ3v) is 4.19. The first kappa shape index (κ1) is 14.7. The van der Waals surface area contributed by atoms with E-state index in [1.165, 1.54) is 11.2 Å². The molecule has 1 unspecified atom stereocenters. The maximum Gasteiger partial charge on any atom is 0.148 e. The van der Waals surface area contributed by atoms with Crippen LogP contribution in [-0.4, -0.2) is 9.97 Å². The molecule has 0 aliphatic rings. The molecule has 5 nitrogen and oxygen atoms in total. The summed E-state index contributed by atoms with van der Waals surface area (Å²) in [5, 5.41) is 5.61. The highest BCUT2D eigenvalue weighted by molar-refractivity contribution is 7.10. The lowest BCUT2D eigenvalue weighted by Crippen LogP contribution is -2.17. The number of anilines is 2. The van der Waals surface area contributed by atoms with Crippen molar-refractivity contribution in [2.24, 2.45) is 5.84 Å². The quantitative estimate of drug-likeness (QED) is 0.561. The normalized spacial score (nSPS) is 12.4. The smallest absolute Gasteiger partial charge is 0.148 e. The molecule has 0 amide bonds. The van der Waals surface area contributed by atoms with Gasteiger partial charge in [0.05, 0.1) is 6.04 Å². The first-order chi connectivity index (χ1) is 9.67. The van der Waals surface area contributed by atoms with E-state index in [4.69, 9.17) is 5.84 Å². The Morgan fingerprint density at radius 2 is 2.05 bits per heavy atom. The average molecular weight is 291 g/mol. The highest BCUT2D eigenvalue weighted by Crippen LogP contribution is 2.32. The molecule has 0 saturated carbocycles. The number of aromatic nitrogens is 2. The predicted octanol–water partition coefficient (Wildman–Crippen LogP) is 3.51. The molecule has 2 aromatic heterocycles. The lowest BCUT2D eigenvalue weighted by molar-refractivity contribution is 0.747. The lowest BCUT2D eigenvalue weighted by Gasteiger charge is -2.21. The van der Waals surface area contributed by atoms with E-state index in [-0.39, 0.29) is 12.0 Å². The highest BCUT2D eigenvalue weighted by atomic mass is 32.1. The molecule has 0 fully saturated rings. The fourth-order valence-electron chi connectivity index (χ4n) is 2.20. The molecule has 0 bridgehead atoms. The standard InChI is InChI=1S/C14H21N5S/c1-4-10(11-6-5-7-20-11)18-13-12(9(2)3)14(19-15)17-8-16-13/h5-10H,4,15H2,1-3H3,(H2,16,17,18,19). The van der Waals surface area contributed by atoms with Crippen molar-refractivity contribution in [2.45, 2.75) is 39.2 Å². The minimum absolute atomic E-state index is 0.257. The van der Waals surface area contributed by atoms with Crippen LogP contribution in [0.4, 0.5) is 11.6 Å². The molecular formula is C14H21N5S. The molecule has 1 atom stereocenters. The largest absolute Gasteiger partial charge is 0.362 e. The number of nitrogen functional groups attached to an aromatic ring is 1. The van der Waals surface area contributed by atoms with Gasteiger partial charge in [0.2, 0.25) is 0 Å². The van der Waals surface area contributed by atoms with E-state index >= 15 is 0 Å². The Bertz CT molecular complexity index is 539. The summed E-state index contributed by atoms with van der Waals surface area (Å²) < 4.78 is 0. The SMILES string of the molecule is CCC(Nc1ncnc(NN)c1C(C)C)c1cccs1. The number of hydrogen-bond acceptors (Lipinski definition) is 6. The van der Waals surface area contributed by atoms with Gasteiger partial charge >= 0.3 is 0 Å². The van der Waals surface area contributed by atoms with Gasteiger partial charge in [-0.2, -0.15) is 0 Å². The predicted molar refractivity (Wildman–Crippen MR) is 84.9 cm³/mol. The zero-order valence-electron chi connectivity index (χ0n) is 12.1. The van der Waals surface area contributed by atoms with Crippen molar-refractivity contribution in [3.8, 4) is 0 Å². The molecule has 0 spiro atoms. The monoisotopic (exact) mass is 291 g/mol. The number of nitrogens with two attached hydrogens (primary N) is 1. The van der Waals surface area contributed by atoms with E-state index < -0.39 is 0 Å². The first-order valence-corrected chi connectivity index (χ1v) is 7.66. The average Bonchev–Trinajstić information content (AvgIpc) is 2.97. The van der Waals surface area contributed by atoms with Gasteiger partial charge in [-0.05, 0) is 23.8 Å². The van der Waals surface area contributed by atoms with Crippen LogP contribution in [0.15, 0.2) is 23.8 Å². The number of nitrogens with zero attached hydrogens (tertiary/aromatic N) is 2. The zero-order valence-corrected chi connectivity index (χ0v) is 12.9. The molecule has 0 saturated heterocycles. The van der Waals surface area contributed by atoms with Crippen LogP contribution in [0, 0.1) is 0 Å². The Kier molecular flexibility index (Phi) is 4.92. The second-order valence-corrected chi connectivity index (χ2v) is 5.88. The van der Waals surface area contributed by atoms with Crippen molar-refractivity contribution in [1.29, 1.82) is 0 Å². The number of hydrazine groups is 1. The number of thiophene rings is 1. The molecule has 0 radical (unpaired) electrons. The molecule has 20 heavy (non-hydrogen) atoms. The molecule has 2 heterocycles. The molecule has 4 N–H and O–H groups in total. The third kappa shape index (κ3) is 3.08. The maximum atomic E-state index is 5.55. The molecule has 0 aliphatic carbocycles. The van der Waals surface area contributed by atoms with E-state index in [0.29, 0.717) is 5.82 Å². The van der Waals surface area contributed by atoms with Crippen LogP contribution in [0.5, 0.6) is 0 Å². The summed E-state index contributed by atoms with van der Waals surface area (Å²) in [6.07, 6.45) is 2.53. The Balaban J connectivity index is 2.33. The minimum atomic E-state index is 0.257. The fraction of sp³-hybridized carbons (Fsp3) is 0.429. The Morgan fingerprint density at radius 3 is 2.60 bits per heavy atom. The van der Waals surface area contributed by atoms with Crippen LogP contribution in [0.25, 0.3) is 0 Å². The second-order valence-electron chi connectivity index (χ2n) is 4.90. The van der Waals surface area contributed by atoms with E-state index in [2.05, 4.69) is 59.0 Å². The summed E-state index contributed by atoms with van der Waals surface area (Å²) in [5.74, 6) is 7.36. The molecular weight excluding hydrogens is 270 g/mol. The van der Waals surface area contributed by atoms with Crippen LogP contribution < -0.4 is 16.6 Å². The minimum Gasteiger partial charge on any atom is -0.362 e. The van der Waals surface area contributed by atoms with Crippen LogP contribution in [0.3, 0.4) is 0 Å². The van der Waals surface area contributed by atoms with Crippen molar-refractivity contribution in [3.05, 3.63) is 34.3 Å². The van der Waals surface area contributed by atoms with Gasteiger partial charge in [0.1, 0.15) is 18.0 Å². The van der Waals surface area contributed by atoms with Gasteiger partial charge < -0.3 is 10.7 Å². The molecule has 2 rings (SSSR count). The van der Waals surface area contributed by atoms with E-state index in [0.717, 1.165) is 17.8 Å². The van der Waals surface area contributed by atoms with E-state index in [1.807, 2.05) is 0 Å². The molecule has 6 heteroatoms. The maximum absolute atomic E-state index is 5.55. The van der Waals surface area contributed by atoms with Crippen molar-refractivity contribution in [2.75, 3.05) is 10.7 Å². The second kappa shape index (κ2) is 6.67. The summed E-state index contributed by atoms with van der Waals surface area (Å²) in [7, 11) is 0. The number of hydrogen-bond donors (Lipinski definition) is 3. The number of rotatable bonds is 6. The van der Waals surface area contributed by atoms with E-state index in [1.54, 1.807) is 11.3 Å². The van der Waals surface area contributed by atoms with Gasteiger partial charge in [0, 0.05) is 10.4 Å². The van der Waals surface area contributed by atoms with E-state index in [9.17, 15) is 0 Å². The highest BCUT2D eigenvalue weighted by Gasteiger charge is 2.18. The summed E-state index contributed by atoms with van der Waals surface area (Å²) in [6, 6.07) is 4.47. The van der Waals surface area contributed by atoms with Gasteiger partial charge in [-0.1, -0.05) is 26.8 Å². The van der Waals surface area contributed by atoms with Crippen molar-refractivity contribution in [1.82, 2.24) is 9.97 Å². The summed E-state index contributed by atoms with van der Waals surface area (Å²) in [4.78, 5) is 9.89. The number of nitrogens with one attached hydrogen (secondary N) is 2. The van der Waals surface area contributed by atoms with Gasteiger partial charge in [0.25, 0.3) is 0 Å². The van der Waals surface area contributed by atoms with Crippen LogP contribution in [-0.2, 0) is 0 Å². The van der Waals surface area contributed by atoms with Gasteiger partial charge in [-0.15, -0.1) is 11.3 Å². The molecule has 2 aromatic rings. The van der Waals surface area contributed by atoms with Crippen LogP contribution >= 0.6 is 11.3 Å². The van der Waals surface area contributed by atoms with Gasteiger partial charge in [-0.25, -0.2) is 15.8 Å². The zero-order chi connectivity index (χ0) is 14.5. The van der Waals surface area contributed by atoms with Gasteiger partial charge in [-0.3, -0.25) is 0 Å². The van der Waals surface area contributed by atoms with Crippen molar-refractivity contribution in [3.63, 3.8) is 0 Å². The van der Waals surface area contributed by atoms with Gasteiger partial charge in [0.15, 0.2) is 0 Å².